The molecule has 0 aliphatic carbocycles. The molecule has 0 radical (unpaired) electrons. The highest BCUT2D eigenvalue weighted by atomic mass is 32.2. The number of hydrogen-bond donors (Lipinski definition) is 1. The zero-order valence-corrected chi connectivity index (χ0v) is 13.4. The number of carbonyl (C=O) groups excluding carboxylic acids is 2. The molecule has 0 aliphatic heterocycles. The molecule has 0 saturated heterocycles. The minimum Gasteiger partial charge on any atom is -0.618 e. The summed E-state index contributed by atoms with van der Waals surface area (Å²) in [4.78, 5) is 23.2. The first-order valence-corrected chi connectivity index (χ1v) is 8.01. The number of rotatable bonds is 7. The minimum absolute atomic E-state index is 0.0119. The van der Waals surface area contributed by atoms with E-state index in [0.29, 0.717) is 15.3 Å². The molecule has 0 aliphatic rings. The van der Waals surface area contributed by atoms with Gasteiger partial charge in [0.1, 0.15) is 11.6 Å². The summed E-state index contributed by atoms with van der Waals surface area (Å²) in [6.45, 7) is -0.446. The van der Waals surface area contributed by atoms with Gasteiger partial charge in [-0.05, 0) is 23.9 Å². The maximum absolute atomic E-state index is 13.4. The van der Waals surface area contributed by atoms with Crippen molar-refractivity contribution in [3.63, 3.8) is 0 Å². The number of esters is 1. The Labute approximate surface area is 142 Å². The van der Waals surface area contributed by atoms with Gasteiger partial charge in [0, 0.05) is 24.2 Å². The lowest BCUT2D eigenvalue weighted by molar-refractivity contribution is -0.645. The number of amides is 1. The Balaban J connectivity index is 1.69. The SMILES string of the molecule is O=C(COC(=O)CSc1cccc[n+]1[O-])NCc1ccccc1F. The van der Waals surface area contributed by atoms with Crippen molar-refractivity contribution in [2.45, 2.75) is 11.6 Å². The van der Waals surface area contributed by atoms with Crippen molar-refractivity contribution in [1.82, 2.24) is 5.32 Å². The second kappa shape index (κ2) is 8.88. The van der Waals surface area contributed by atoms with Gasteiger partial charge in [-0.1, -0.05) is 18.2 Å². The van der Waals surface area contributed by atoms with Gasteiger partial charge in [0.05, 0.1) is 0 Å². The van der Waals surface area contributed by atoms with Crippen LogP contribution in [-0.2, 0) is 20.9 Å². The third-order valence-corrected chi connectivity index (χ3v) is 3.92. The molecule has 24 heavy (non-hydrogen) atoms. The smallest absolute Gasteiger partial charge is 0.317 e. The number of carbonyl (C=O) groups is 2. The molecule has 1 amide bonds. The van der Waals surface area contributed by atoms with E-state index < -0.39 is 24.3 Å². The van der Waals surface area contributed by atoms with Crippen molar-refractivity contribution in [2.75, 3.05) is 12.4 Å². The summed E-state index contributed by atoms with van der Waals surface area (Å²) in [6, 6.07) is 10.9. The summed E-state index contributed by atoms with van der Waals surface area (Å²) < 4.78 is 18.8. The van der Waals surface area contributed by atoms with Crippen LogP contribution in [0.4, 0.5) is 4.39 Å². The van der Waals surface area contributed by atoms with Gasteiger partial charge in [0.25, 0.3) is 10.9 Å². The third-order valence-electron chi connectivity index (χ3n) is 2.92. The predicted molar refractivity (Wildman–Crippen MR) is 85.3 cm³/mol. The molecule has 0 spiro atoms. The molecular weight excluding hydrogens is 335 g/mol. The minimum atomic E-state index is -0.620. The van der Waals surface area contributed by atoms with Crippen LogP contribution >= 0.6 is 11.8 Å². The van der Waals surface area contributed by atoms with E-state index >= 15 is 0 Å². The molecule has 2 aromatic rings. The Hall–Kier alpha value is -2.61. The summed E-state index contributed by atoms with van der Waals surface area (Å²) in [7, 11) is 0. The number of halogens is 1. The lowest BCUT2D eigenvalue weighted by atomic mass is 10.2. The summed E-state index contributed by atoms with van der Waals surface area (Å²) in [5.41, 5.74) is 0.344. The molecule has 126 valence electrons. The lowest BCUT2D eigenvalue weighted by Gasteiger charge is -2.07. The third kappa shape index (κ3) is 5.54. The quantitative estimate of drug-likeness (QED) is 0.353. The highest BCUT2D eigenvalue weighted by Gasteiger charge is 2.12. The van der Waals surface area contributed by atoms with E-state index in [0.717, 1.165) is 11.8 Å². The first-order chi connectivity index (χ1) is 11.6. The Kier molecular flexibility index (Phi) is 6.56. The van der Waals surface area contributed by atoms with Crippen LogP contribution in [0.1, 0.15) is 5.56 Å². The number of hydrogen-bond acceptors (Lipinski definition) is 5. The molecule has 6 nitrogen and oxygen atoms in total. The number of nitrogens with one attached hydrogen (secondary N) is 1. The number of thioether (sulfide) groups is 1. The first kappa shape index (κ1) is 17.7. The Morgan fingerprint density at radius 3 is 2.71 bits per heavy atom. The van der Waals surface area contributed by atoms with Crippen LogP contribution in [-0.4, -0.2) is 24.2 Å². The summed E-state index contributed by atoms with van der Waals surface area (Å²) in [5.74, 6) is -1.66. The molecule has 0 atom stereocenters. The molecule has 1 heterocycles. The maximum atomic E-state index is 13.4. The fourth-order valence-electron chi connectivity index (χ4n) is 1.73. The van der Waals surface area contributed by atoms with Crippen molar-refractivity contribution < 1.29 is 23.4 Å². The van der Waals surface area contributed by atoms with E-state index in [4.69, 9.17) is 4.74 Å². The van der Waals surface area contributed by atoms with Crippen molar-refractivity contribution in [3.05, 3.63) is 65.2 Å². The van der Waals surface area contributed by atoms with Crippen LogP contribution in [0.2, 0.25) is 0 Å². The van der Waals surface area contributed by atoms with Gasteiger partial charge in [0.2, 0.25) is 0 Å². The molecular formula is C16H15FN2O4S. The van der Waals surface area contributed by atoms with E-state index in [-0.39, 0.29) is 12.3 Å². The van der Waals surface area contributed by atoms with Crippen molar-refractivity contribution >= 4 is 23.6 Å². The van der Waals surface area contributed by atoms with Gasteiger partial charge in [-0.2, -0.15) is 4.73 Å². The number of ether oxygens (including phenoxy) is 1. The Bertz CT molecular complexity index is 665. The van der Waals surface area contributed by atoms with Gasteiger partial charge < -0.3 is 15.3 Å². The molecule has 0 saturated carbocycles. The zero-order chi connectivity index (χ0) is 17.4. The van der Waals surface area contributed by atoms with Crippen molar-refractivity contribution in [2.24, 2.45) is 0 Å². The van der Waals surface area contributed by atoms with Crippen LogP contribution in [0.15, 0.2) is 53.7 Å². The van der Waals surface area contributed by atoms with Crippen LogP contribution < -0.4 is 10.0 Å². The monoisotopic (exact) mass is 350 g/mol. The highest BCUT2D eigenvalue weighted by Crippen LogP contribution is 2.12. The molecule has 1 aromatic heterocycles. The van der Waals surface area contributed by atoms with E-state index in [1.54, 1.807) is 36.4 Å². The average molecular weight is 350 g/mol. The fraction of sp³-hybridized carbons (Fsp3) is 0.188. The maximum Gasteiger partial charge on any atom is 0.317 e. The Morgan fingerprint density at radius 2 is 1.96 bits per heavy atom. The fourth-order valence-corrected chi connectivity index (χ4v) is 2.44. The summed E-state index contributed by atoms with van der Waals surface area (Å²) >= 11 is 1.01. The number of aromatic nitrogens is 1. The zero-order valence-electron chi connectivity index (χ0n) is 12.6. The van der Waals surface area contributed by atoms with Gasteiger partial charge in [-0.25, -0.2) is 4.39 Å². The van der Waals surface area contributed by atoms with E-state index in [1.165, 1.54) is 12.3 Å². The molecule has 0 fully saturated rings. The van der Waals surface area contributed by atoms with Crippen LogP contribution in [0, 0.1) is 11.0 Å². The van der Waals surface area contributed by atoms with Crippen molar-refractivity contribution in [3.8, 4) is 0 Å². The van der Waals surface area contributed by atoms with Gasteiger partial charge in [0.15, 0.2) is 12.8 Å². The largest absolute Gasteiger partial charge is 0.618 e. The average Bonchev–Trinajstić information content (AvgIpc) is 2.58. The van der Waals surface area contributed by atoms with E-state index in [9.17, 15) is 19.2 Å². The second-order valence-corrected chi connectivity index (χ2v) is 5.68. The normalized spacial score (nSPS) is 10.2. The number of pyridine rings is 1. The van der Waals surface area contributed by atoms with Gasteiger partial charge in [-0.3, -0.25) is 9.59 Å². The summed E-state index contributed by atoms with van der Waals surface area (Å²) in [5, 5.41) is 14.2. The lowest BCUT2D eigenvalue weighted by Crippen LogP contribution is -2.30. The van der Waals surface area contributed by atoms with E-state index in [1.807, 2.05) is 0 Å². The molecule has 1 aromatic carbocycles. The van der Waals surface area contributed by atoms with E-state index in [2.05, 4.69) is 5.32 Å². The number of benzene rings is 1. The molecule has 8 heteroatoms. The second-order valence-electron chi connectivity index (χ2n) is 4.68. The standard InChI is InChI=1S/C16H15FN2O4S/c17-13-6-2-1-5-12(13)9-18-14(20)10-23-16(21)11-24-15-7-3-4-8-19(15)22/h1-8H,9-11H2,(H,18,20). The summed E-state index contributed by atoms with van der Waals surface area (Å²) in [6.07, 6.45) is 1.32. The molecule has 0 bridgehead atoms. The molecule has 0 unspecified atom stereocenters. The van der Waals surface area contributed by atoms with Crippen LogP contribution in [0.25, 0.3) is 0 Å². The Morgan fingerprint density at radius 1 is 1.21 bits per heavy atom. The topological polar surface area (TPSA) is 82.3 Å². The number of nitrogens with zero attached hydrogens (tertiary/aromatic N) is 1. The predicted octanol–water partition coefficient (Wildman–Crippen LogP) is 1.41. The first-order valence-electron chi connectivity index (χ1n) is 7.03. The van der Waals surface area contributed by atoms with Gasteiger partial charge >= 0.3 is 5.97 Å². The van der Waals surface area contributed by atoms with Gasteiger partial charge in [-0.15, -0.1) is 0 Å². The molecule has 1 N–H and O–H groups in total. The molecule has 2 rings (SSSR count). The van der Waals surface area contributed by atoms with Crippen LogP contribution in [0.3, 0.4) is 0 Å². The van der Waals surface area contributed by atoms with Crippen molar-refractivity contribution in [1.29, 1.82) is 0 Å². The van der Waals surface area contributed by atoms with Crippen LogP contribution in [0.5, 0.6) is 0 Å². The highest BCUT2D eigenvalue weighted by molar-refractivity contribution is 7.99.